The SMILES string of the molecule is Cc1nc(COc2nc(C)n(-c3cc(-c4ccnc(C(C)(C)O)n4)ccc3C)c(=O)c2Br)cs1. The number of aromatic nitrogens is 5. The highest BCUT2D eigenvalue weighted by Crippen LogP contribution is 2.27. The lowest BCUT2D eigenvalue weighted by Gasteiger charge is -2.17. The van der Waals surface area contributed by atoms with Crippen molar-refractivity contribution in [2.75, 3.05) is 0 Å². The van der Waals surface area contributed by atoms with Gasteiger partial charge in [0.1, 0.15) is 22.5 Å². The van der Waals surface area contributed by atoms with Gasteiger partial charge < -0.3 is 9.84 Å². The van der Waals surface area contributed by atoms with Crippen molar-refractivity contribution in [1.29, 1.82) is 0 Å². The molecule has 1 N–H and O–H groups in total. The molecule has 8 nitrogen and oxygen atoms in total. The van der Waals surface area contributed by atoms with E-state index in [1.165, 1.54) is 0 Å². The molecule has 0 fully saturated rings. The van der Waals surface area contributed by atoms with Crippen molar-refractivity contribution in [2.45, 2.75) is 46.8 Å². The molecule has 3 heterocycles. The second-order valence-electron chi connectivity index (χ2n) is 8.39. The summed E-state index contributed by atoms with van der Waals surface area (Å²) in [5.74, 6) is 1.03. The maximum atomic E-state index is 13.3. The van der Waals surface area contributed by atoms with Crippen LogP contribution in [0.2, 0.25) is 0 Å². The van der Waals surface area contributed by atoms with Gasteiger partial charge in [-0.25, -0.2) is 15.0 Å². The first-order valence-electron chi connectivity index (χ1n) is 10.5. The number of halogens is 1. The van der Waals surface area contributed by atoms with E-state index < -0.39 is 5.60 Å². The molecule has 0 aliphatic carbocycles. The lowest BCUT2D eigenvalue weighted by molar-refractivity contribution is 0.0688. The third-order valence-electron chi connectivity index (χ3n) is 5.14. The van der Waals surface area contributed by atoms with Crippen LogP contribution in [0.4, 0.5) is 0 Å². The van der Waals surface area contributed by atoms with Crippen molar-refractivity contribution in [3.05, 3.63) is 78.6 Å². The van der Waals surface area contributed by atoms with E-state index in [1.54, 1.807) is 48.9 Å². The fourth-order valence-corrected chi connectivity index (χ4v) is 4.38. The first-order valence-corrected chi connectivity index (χ1v) is 12.2. The Morgan fingerprint density at radius 1 is 1.15 bits per heavy atom. The first kappa shape index (κ1) is 24.2. The first-order chi connectivity index (χ1) is 16.0. The second-order valence-corrected chi connectivity index (χ2v) is 10.2. The molecule has 3 aromatic heterocycles. The number of ether oxygens (including phenoxy) is 1. The number of thiazole rings is 1. The number of hydrogen-bond acceptors (Lipinski definition) is 8. The molecule has 0 saturated heterocycles. The minimum atomic E-state index is -1.17. The Balaban J connectivity index is 1.73. The van der Waals surface area contributed by atoms with E-state index in [1.807, 2.05) is 37.4 Å². The van der Waals surface area contributed by atoms with Crippen LogP contribution in [0.5, 0.6) is 5.88 Å². The predicted molar refractivity (Wildman–Crippen MR) is 134 cm³/mol. The fraction of sp³-hybridized carbons (Fsp3) is 0.292. The van der Waals surface area contributed by atoms with Crippen LogP contribution < -0.4 is 10.3 Å². The Labute approximate surface area is 209 Å². The van der Waals surface area contributed by atoms with Gasteiger partial charge in [-0.15, -0.1) is 11.3 Å². The molecule has 0 radical (unpaired) electrons. The van der Waals surface area contributed by atoms with Crippen LogP contribution in [0.1, 0.15) is 41.8 Å². The second kappa shape index (κ2) is 9.36. The van der Waals surface area contributed by atoms with Crippen LogP contribution in [0.25, 0.3) is 16.9 Å². The van der Waals surface area contributed by atoms with E-state index in [0.29, 0.717) is 23.0 Å². The van der Waals surface area contributed by atoms with Gasteiger partial charge in [-0.1, -0.05) is 12.1 Å². The Kier molecular flexibility index (Phi) is 6.66. The molecule has 0 atom stereocenters. The molecule has 0 amide bonds. The van der Waals surface area contributed by atoms with Crippen LogP contribution in [0.3, 0.4) is 0 Å². The van der Waals surface area contributed by atoms with Crippen LogP contribution in [0.15, 0.2) is 45.1 Å². The summed E-state index contributed by atoms with van der Waals surface area (Å²) in [5.41, 5.74) is 2.34. The molecule has 34 heavy (non-hydrogen) atoms. The zero-order valence-corrected chi connectivity index (χ0v) is 21.9. The van der Waals surface area contributed by atoms with Gasteiger partial charge in [0.25, 0.3) is 5.56 Å². The fourth-order valence-electron chi connectivity index (χ4n) is 3.40. The Bertz CT molecular complexity index is 1430. The number of nitrogens with zero attached hydrogens (tertiary/aromatic N) is 5. The normalized spacial score (nSPS) is 11.6. The smallest absolute Gasteiger partial charge is 0.276 e. The van der Waals surface area contributed by atoms with Gasteiger partial charge in [0, 0.05) is 17.1 Å². The summed E-state index contributed by atoms with van der Waals surface area (Å²) in [5, 5.41) is 13.2. The highest BCUT2D eigenvalue weighted by atomic mass is 79.9. The van der Waals surface area contributed by atoms with Gasteiger partial charge in [0.15, 0.2) is 5.82 Å². The molecule has 0 aliphatic heterocycles. The summed E-state index contributed by atoms with van der Waals surface area (Å²) < 4.78 is 7.57. The molecule has 10 heteroatoms. The van der Waals surface area contributed by atoms with Gasteiger partial charge in [0.05, 0.1) is 22.1 Å². The Morgan fingerprint density at radius 2 is 1.91 bits per heavy atom. The quantitative estimate of drug-likeness (QED) is 0.379. The third kappa shape index (κ3) is 4.94. The molecule has 0 unspecified atom stereocenters. The lowest BCUT2D eigenvalue weighted by atomic mass is 10.1. The number of rotatable bonds is 6. The van der Waals surface area contributed by atoms with Crippen LogP contribution >= 0.6 is 27.3 Å². The van der Waals surface area contributed by atoms with Gasteiger partial charge in [-0.2, -0.15) is 4.98 Å². The molecule has 0 aliphatic rings. The van der Waals surface area contributed by atoms with Gasteiger partial charge in [-0.05, 0) is 68.2 Å². The lowest BCUT2D eigenvalue weighted by Crippen LogP contribution is -2.24. The monoisotopic (exact) mass is 541 g/mol. The largest absolute Gasteiger partial charge is 0.470 e. The summed E-state index contributed by atoms with van der Waals surface area (Å²) in [7, 11) is 0. The van der Waals surface area contributed by atoms with Crippen molar-refractivity contribution in [1.82, 2.24) is 24.5 Å². The Morgan fingerprint density at radius 3 is 2.59 bits per heavy atom. The van der Waals surface area contributed by atoms with E-state index in [-0.39, 0.29) is 22.5 Å². The molecule has 0 spiro atoms. The summed E-state index contributed by atoms with van der Waals surface area (Å²) in [6.07, 6.45) is 1.61. The molecular formula is C24H24BrN5O3S. The summed E-state index contributed by atoms with van der Waals surface area (Å²) in [6.45, 7) is 9.12. The number of aryl methyl sites for hydroxylation is 3. The molecule has 176 valence electrons. The summed E-state index contributed by atoms with van der Waals surface area (Å²) >= 11 is 4.91. The van der Waals surface area contributed by atoms with E-state index >= 15 is 0 Å². The molecule has 1 aromatic carbocycles. The van der Waals surface area contributed by atoms with Crippen molar-refractivity contribution in [3.8, 4) is 22.8 Å². The topological polar surface area (TPSA) is 103 Å². The number of aliphatic hydroxyl groups is 1. The average molecular weight is 542 g/mol. The van der Waals surface area contributed by atoms with Crippen molar-refractivity contribution >= 4 is 27.3 Å². The zero-order valence-electron chi connectivity index (χ0n) is 19.5. The molecule has 4 rings (SSSR count). The standard InChI is InChI=1S/C24H24BrN5O3S/c1-13-6-7-16(18-8-9-26-23(29-18)24(4,5)32)10-19(13)30-14(2)27-21(20(25)22(30)31)33-11-17-12-34-15(3)28-17/h6-10,12,32H,11H2,1-5H3. The van der Waals surface area contributed by atoms with Crippen LogP contribution in [-0.4, -0.2) is 29.6 Å². The van der Waals surface area contributed by atoms with E-state index in [2.05, 4.69) is 35.9 Å². The molecule has 4 aromatic rings. The summed E-state index contributed by atoms with van der Waals surface area (Å²) in [6, 6.07) is 7.49. The third-order valence-corrected chi connectivity index (χ3v) is 6.64. The van der Waals surface area contributed by atoms with Crippen molar-refractivity contribution < 1.29 is 9.84 Å². The molecule has 0 saturated carbocycles. The van der Waals surface area contributed by atoms with E-state index in [9.17, 15) is 9.90 Å². The summed E-state index contributed by atoms with van der Waals surface area (Å²) in [4.78, 5) is 30.9. The molecular weight excluding hydrogens is 518 g/mol. The Hall–Kier alpha value is -2.95. The minimum Gasteiger partial charge on any atom is -0.470 e. The number of benzene rings is 1. The maximum absolute atomic E-state index is 13.3. The van der Waals surface area contributed by atoms with Gasteiger partial charge >= 0.3 is 0 Å². The average Bonchev–Trinajstić information content (AvgIpc) is 3.21. The van der Waals surface area contributed by atoms with Crippen LogP contribution in [-0.2, 0) is 12.2 Å². The van der Waals surface area contributed by atoms with Crippen molar-refractivity contribution in [2.24, 2.45) is 0 Å². The van der Waals surface area contributed by atoms with Gasteiger partial charge in [-0.3, -0.25) is 9.36 Å². The number of hydrogen-bond donors (Lipinski definition) is 1. The van der Waals surface area contributed by atoms with E-state index in [4.69, 9.17) is 4.74 Å². The minimum absolute atomic E-state index is 0.226. The van der Waals surface area contributed by atoms with Crippen LogP contribution in [0, 0.1) is 20.8 Å². The highest BCUT2D eigenvalue weighted by molar-refractivity contribution is 9.10. The van der Waals surface area contributed by atoms with E-state index in [0.717, 1.165) is 21.8 Å². The zero-order chi connectivity index (χ0) is 24.6. The molecule has 0 bridgehead atoms. The van der Waals surface area contributed by atoms with Gasteiger partial charge in [0.2, 0.25) is 5.88 Å². The predicted octanol–water partition coefficient (Wildman–Crippen LogP) is 4.64. The maximum Gasteiger partial charge on any atom is 0.276 e. The van der Waals surface area contributed by atoms with Crippen molar-refractivity contribution in [3.63, 3.8) is 0 Å². The highest BCUT2D eigenvalue weighted by Gasteiger charge is 2.21.